The van der Waals surface area contributed by atoms with Crippen molar-refractivity contribution in [3.8, 4) is 12.1 Å². The van der Waals surface area contributed by atoms with Gasteiger partial charge in [0, 0.05) is 12.7 Å². The summed E-state index contributed by atoms with van der Waals surface area (Å²) in [7, 11) is 0. The summed E-state index contributed by atoms with van der Waals surface area (Å²) in [6.07, 6.45) is 16.3. The van der Waals surface area contributed by atoms with Gasteiger partial charge in [0.05, 0.1) is 23.8 Å². The lowest BCUT2D eigenvalue weighted by molar-refractivity contribution is -0.00474. The molecule has 1 aromatic rings. The predicted molar refractivity (Wildman–Crippen MR) is 112 cm³/mol. The molecule has 2 fully saturated rings. The van der Waals surface area contributed by atoms with Gasteiger partial charge in [0.15, 0.2) is 0 Å². The van der Waals surface area contributed by atoms with Gasteiger partial charge in [-0.15, -0.1) is 0 Å². The van der Waals surface area contributed by atoms with Crippen LogP contribution in [0.25, 0.3) is 0 Å². The fraction of sp³-hybridized carbons (Fsp3) is 0.600. The summed E-state index contributed by atoms with van der Waals surface area (Å²) in [6, 6.07) is 12.4. The Morgan fingerprint density at radius 2 is 1.57 bits per heavy atom. The predicted octanol–water partition coefficient (Wildman–Crippen LogP) is 6.27. The van der Waals surface area contributed by atoms with Crippen molar-refractivity contribution in [3.63, 3.8) is 0 Å². The normalized spacial score (nSPS) is 27.9. The number of allylic oxidation sites excluding steroid dienone is 2. The van der Waals surface area contributed by atoms with Crippen molar-refractivity contribution in [1.29, 1.82) is 10.5 Å². The second kappa shape index (κ2) is 11.0. The zero-order valence-corrected chi connectivity index (χ0v) is 16.9. The van der Waals surface area contributed by atoms with E-state index in [2.05, 4.69) is 24.3 Å². The first-order valence-electron chi connectivity index (χ1n) is 10.9. The van der Waals surface area contributed by atoms with Crippen LogP contribution in [0.4, 0.5) is 0 Å². The molecule has 2 aliphatic carbocycles. The number of nitriles is 2. The highest BCUT2D eigenvalue weighted by molar-refractivity contribution is 5.33. The summed E-state index contributed by atoms with van der Waals surface area (Å²) in [6.45, 7) is 0.938. The van der Waals surface area contributed by atoms with Crippen LogP contribution < -0.4 is 0 Å². The van der Waals surface area contributed by atoms with E-state index in [4.69, 9.17) is 15.3 Å². The molecule has 0 N–H and O–H groups in total. The largest absolute Gasteiger partial charge is 0.378 e. The summed E-state index contributed by atoms with van der Waals surface area (Å²) >= 11 is 0. The molecule has 148 valence electrons. The molecule has 0 radical (unpaired) electrons. The van der Waals surface area contributed by atoms with Crippen LogP contribution in [-0.4, -0.2) is 12.7 Å². The molecular weight excluding hydrogens is 344 g/mol. The van der Waals surface area contributed by atoms with E-state index in [1.165, 1.54) is 50.5 Å². The molecule has 2 saturated carbocycles. The lowest BCUT2D eigenvalue weighted by Crippen LogP contribution is -2.25. The number of nitrogens with zero attached hydrogens (tertiary/aromatic N) is 2. The van der Waals surface area contributed by atoms with E-state index >= 15 is 0 Å². The maximum absolute atomic E-state index is 8.93. The topological polar surface area (TPSA) is 56.8 Å². The van der Waals surface area contributed by atoms with Crippen molar-refractivity contribution >= 4 is 0 Å². The summed E-state index contributed by atoms with van der Waals surface area (Å²) in [5.41, 5.74) is 2.12. The molecule has 0 spiro atoms. The standard InChI is InChI=1S/C25H32N2O/c26-17-3-1-2-4-20-5-7-22(8-6-20)19-28-25-15-13-24(14-16-25)23-11-9-21(18-27)10-12-23/h1,3,9-12,20,22,24-25H,2,4-8,13-16,19H2. The summed E-state index contributed by atoms with van der Waals surface area (Å²) in [5, 5.41) is 17.5. The SMILES string of the molecule is N#CC=CCCC1CCC(COC2CCC(c3ccc(C#N)cc3)CC2)CC1. The van der Waals surface area contributed by atoms with E-state index in [9.17, 15) is 0 Å². The van der Waals surface area contributed by atoms with Crippen LogP contribution in [0, 0.1) is 34.5 Å². The Morgan fingerprint density at radius 3 is 2.21 bits per heavy atom. The third kappa shape index (κ3) is 6.22. The first-order chi connectivity index (χ1) is 13.8. The van der Waals surface area contributed by atoms with E-state index in [-0.39, 0.29) is 0 Å². The van der Waals surface area contributed by atoms with Crippen LogP contribution in [0.5, 0.6) is 0 Å². The Kier molecular flexibility index (Phi) is 8.13. The summed E-state index contributed by atoms with van der Waals surface area (Å²) < 4.78 is 6.30. The van der Waals surface area contributed by atoms with Gasteiger partial charge in [-0.3, -0.25) is 0 Å². The Morgan fingerprint density at radius 1 is 0.893 bits per heavy atom. The van der Waals surface area contributed by atoms with Gasteiger partial charge in [-0.25, -0.2) is 0 Å². The number of hydrogen-bond donors (Lipinski definition) is 0. The molecule has 0 amide bonds. The minimum atomic E-state index is 0.434. The highest BCUT2D eigenvalue weighted by atomic mass is 16.5. The van der Waals surface area contributed by atoms with Crippen LogP contribution in [-0.2, 0) is 4.74 Å². The van der Waals surface area contributed by atoms with E-state index in [1.807, 2.05) is 18.2 Å². The monoisotopic (exact) mass is 376 g/mol. The van der Waals surface area contributed by atoms with Gasteiger partial charge in [-0.05, 0) is 86.8 Å². The molecule has 0 aromatic heterocycles. The first-order valence-corrected chi connectivity index (χ1v) is 10.9. The first kappa shape index (κ1) is 20.6. The quantitative estimate of drug-likeness (QED) is 0.527. The van der Waals surface area contributed by atoms with Crippen molar-refractivity contribution in [3.05, 3.63) is 47.5 Å². The molecular formula is C25H32N2O. The Hall–Kier alpha value is -2.10. The van der Waals surface area contributed by atoms with Gasteiger partial charge in [0.1, 0.15) is 0 Å². The molecule has 0 saturated heterocycles. The molecule has 3 heteroatoms. The minimum absolute atomic E-state index is 0.434. The molecule has 0 atom stereocenters. The highest BCUT2D eigenvalue weighted by Gasteiger charge is 2.25. The van der Waals surface area contributed by atoms with Crippen LogP contribution in [0.15, 0.2) is 36.4 Å². The van der Waals surface area contributed by atoms with Crippen molar-refractivity contribution in [2.75, 3.05) is 6.61 Å². The molecule has 28 heavy (non-hydrogen) atoms. The lowest BCUT2D eigenvalue weighted by Gasteiger charge is -2.32. The average molecular weight is 377 g/mol. The molecule has 1 aromatic carbocycles. The number of benzene rings is 1. The molecule has 0 unspecified atom stereocenters. The van der Waals surface area contributed by atoms with Crippen molar-refractivity contribution in [2.45, 2.75) is 76.2 Å². The van der Waals surface area contributed by atoms with E-state index < -0.39 is 0 Å². The zero-order valence-electron chi connectivity index (χ0n) is 16.9. The third-order valence-corrected chi connectivity index (χ3v) is 6.65. The average Bonchev–Trinajstić information content (AvgIpc) is 2.76. The number of rotatable bonds is 7. The Labute approximate surface area is 170 Å². The van der Waals surface area contributed by atoms with E-state index in [0.29, 0.717) is 12.0 Å². The third-order valence-electron chi connectivity index (χ3n) is 6.65. The van der Waals surface area contributed by atoms with Crippen LogP contribution >= 0.6 is 0 Å². The van der Waals surface area contributed by atoms with Crippen molar-refractivity contribution in [2.24, 2.45) is 11.8 Å². The second-order valence-corrected chi connectivity index (χ2v) is 8.54. The molecule has 0 aliphatic heterocycles. The van der Waals surface area contributed by atoms with Crippen LogP contribution in [0.3, 0.4) is 0 Å². The molecule has 0 heterocycles. The molecule has 2 aliphatic rings. The summed E-state index contributed by atoms with van der Waals surface area (Å²) in [4.78, 5) is 0. The van der Waals surface area contributed by atoms with Crippen LogP contribution in [0.1, 0.15) is 81.3 Å². The minimum Gasteiger partial charge on any atom is -0.378 e. The zero-order chi connectivity index (χ0) is 19.6. The lowest BCUT2D eigenvalue weighted by atomic mass is 9.80. The van der Waals surface area contributed by atoms with Crippen molar-refractivity contribution in [1.82, 2.24) is 0 Å². The van der Waals surface area contributed by atoms with Gasteiger partial charge < -0.3 is 4.74 Å². The number of ether oxygens (including phenoxy) is 1. The highest BCUT2D eigenvalue weighted by Crippen LogP contribution is 2.36. The smallest absolute Gasteiger partial charge is 0.0991 e. The molecule has 0 bridgehead atoms. The fourth-order valence-electron chi connectivity index (χ4n) is 4.82. The van der Waals surface area contributed by atoms with Gasteiger partial charge in [-0.2, -0.15) is 10.5 Å². The fourth-order valence-corrected chi connectivity index (χ4v) is 4.82. The van der Waals surface area contributed by atoms with Gasteiger partial charge >= 0.3 is 0 Å². The summed E-state index contributed by atoms with van der Waals surface area (Å²) in [5.74, 6) is 2.20. The maximum atomic E-state index is 8.93. The van der Waals surface area contributed by atoms with Gasteiger partial charge in [0.25, 0.3) is 0 Å². The van der Waals surface area contributed by atoms with Gasteiger partial charge in [0.2, 0.25) is 0 Å². The maximum Gasteiger partial charge on any atom is 0.0991 e. The van der Waals surface area contributed by atoms with Crippen molar-refractivity contribution < 1.29 is 4.74 Å². The van der Waals surface area contributed by atoms with E-state index in [1.54, 1.807) is 6.08 Å². The Bertz CT molecular complexity index is 694. The molecule has 3 nitrogen and oxygen atoms in total. The second-order valence-electron chi connectivity index (χ2n) is 8.54. The van der Waals surface area contributed by atoms with E-state index in [0.717, 1.165) is 43.3 Å². The number of hydrogen-bond acceptors (Lipinski definition) is 3. The van der Waals surface area contributed by atoms with Gasteiger partial charge in [-0.1, -0.05) is 31.1 Å². The molecule has 3 rings (SSSR count). The Balaban J connectivity index is 1.31. The van der Waals surface area contributed by atoms with Crippen LogP contribution in [0.2, 0.25) is 0 Å².